The summed E-state index contributed by atoms with van der Waals surface area (Å²) in [4.78, 5) is 11.7. The maximum atomic E-state index is 13.1. The standard InChI is InChI=1S/C13H9Cl2F3O4/c14-7-3-6-4-8(12(20)21-2-1-19)11(13(16,17)18)22-10(6)9(15)5-7/h3-5,11,19H,1-2H2/t11-/m0/s1. The first-order valence-electron chi connectivity index (χ1n) is 5.96. The molecule has 1 aliphatic rings. The molecule has 1 aliphatic heterocycles. The minimum Gasteiger partial charge on any atom is -0.474 e. The Bertz CT molecular complexity index is 628. The quantitative estimate of drug-likeness (QED) is 0.844. The van der Waals surface area contributed by atoms with E-state index in [2.05, 4.69) is 4.74 Å². The number of hydrogen-bond donors (Lipinski definition) is 1. The van der Waals surface area contributed by atoms with Gasteiger partial charge < -0.3 is 14.6 Å². The number of aliphatic hydroxyl groups is 1. The number of hydrogen-bond acceptors (Lipinski definition) is 4. The summed E-state index contributed by atoms with van der Waals surface area (Å²) in [7, 11) is 0. The highest BCUT2D eigenvalue weighted by Gasteiger charge is 2.49. The summed E-state index contributed by atoms with van der Waals surface area (Å²) < 4.78 is 48.6. The van der Waals surface area contributed by atoms with Gasteiger partial charge in [-0.2, -0.15) is 13.2 Å². The summed E-state index contributed by atoms with van der Waals surface area (Å²) >= 11 is 11.6. The zero-order valence-electron chi connectivity index (χ0n) is 10.8. The Morgan fingerprint density at radius 1 is 1.36 bits per heavy atom. The van der Waals surface area contributed by atoms with Gasteiger partial charge in [0.2, 0.25) is 6.10 Å². The van der Waals surface area contributed by atoms with E-state index >= 15 is 0 Å². The van der Waals surface area contributed by atoms with Crippen LogP contribution in [0.4, 0.5) is 13.2 Å². The second-order valence-electron chi connectivity index (χ2n) is 4.30. The molecule has 0 saturated carbocycles. The number of aliphatic hydroxyl groups excluding tert-OH is 1. The molecule has 1 N–H and O–H groups in total. The van der Waals surface area contributed by atoms with Crippen molar-refractivity contribution in [3.63, 3.8) is 0 Å². The van der Waals surface area contributed by atoms with Gasteiger partial charge in [0.1, 0.15) is 12.4 Å². The lowest BCUT2D eigenvalue weighted by atomic mass is 10.0. The maximum absolute atomic E-state index is 13.1. The lowest BCUT2D eigenvalue weighted by molar-refractivity contribution is -0.188. The van der Waals surface area contributed by atoms with Crippen LogP contribution in [0.5, 0.6) is 5.75 Å². The monoisotopic (exact) mass is 356 g/mol. The number of carbonyl (C=O) groups is 1. The number of ether oxygens (including phenoxy) is 2. The molecule has 1 atom stereocenters. The summed E-state index contributed by atoms with van der Waals surface area (Å²) in [6.07, 6.45) is -6.39. The third-order valence-electron chi connectivity index (χ3n) is 2.72. The van der Waals surface area contributed by atoms with Crippen molar-refractivity contribution in [3.8, 4) is 5.75 Å². The lowest BCUT2D eigenvalue weighted by Gasteiger charge is -2.28. The Morgan fingerprint density at radius 2 is 2.05 bits per heavy atom. The third-order valence-corrected chi connectivity index (χ3v) is 3.22. The van der Waals surface area contributed by atoms with Crippen molar-refractivity contribution >= 4 is 35.2 Å². The van der Waals surface area contributed by atoms with Crippen LogP contribution in [0.25, 0.3) is 6.08 Å². The SMILES string of the molecule is O=C(OCCO)C1=Cc2cc(Cl)cc(Cl)c2O[C@@H]1C(F)(F)F. The summed E-state index contributed by atoms with van der Waals surface area (Å²) in [6, 6.07) is 2.55. The van der Waals surface area contributed by atoms with E-state index in [1.165, 1.54) is 12.1 Å². The number of benzene rings is 1. The van der Waals surface area contributed by atoms with Crippen LogP contribution in [0.3, 0.4) is 0 Å². The molecule has 4 nitrogen and oxygen atoms in total. The maximum Gasteiger partial charge on any atom is 0.430 e. The molecule has 0 spiro atoms. The molecule has 0 fully saturated rings. The Balaban J connectivity index is 2.49. The van der Waals surface area contributed by atoms with E-state index in [4.69, 9.17) is 33.0 Å². The Morgan fingerprint density at radius 3 is 2.64 bits per heavy atom. The molecular formula is C13H9Cl2F3O4. The summed E-state index contributed by atoms with van der Waals surface area (Å²) in [5.74, 6) is -1.45. The van der Waals surface area contributed by atoms with Gasteiger partial charge in [0.15, 0.2) is 0 Å². The van der Waals surface area contributed by atoms with Gasteiger partial charge in [-0.3, -0.25) is 0 Å². The fourth-order valence-electron chi connectivity index (χ4n) is 1.87. The molecule has 0 bridgehead atoms. The molecular weight excluding hydrogens is 348 g/mol. The van der Waals surface area contributed by atoms with Crippen LogP contribution < -0.4 is 4.74 Å². The van der Waals surface area contributed by atoms with Gasteiger partial charge in [-0.05, 0) is 18.2 Å². The summed E-state index contributed by atoms with van der Waals surface area (Å²) in [5.41, 5.74) is -0.610. The lowest BCUT2D eigenvalue weighted by Crippen LogP contribution is -2.41. The van der Waals surface area contributed by atoms with E-state index in [9.17, 15) is 18.0 Å². The van der Waals surface area contributed by atoms with Crippen molar-refractivity contribution in [3.05, 3.63) is 33.3 Å². The number of halogens is 5. The number of rotatable bonds is 3. The van der Waals surface area contributed by atoms with E-state index in [1.807, 2.05) is 0 Å². The summed E-state index contributed by atoms with van der Waals surface area (Å²) in [5, 5.41) is 8.66. The van der Waals surface area contributed by atoms with Crippen molar-refractivity contribution in [2.24, 2.45) is 0 Å². The molecule has 1 heterocycles. The molecule has 2 rings (SSSR count). The van der Waals surface area contributed by atoms with Crippen molar-refractivity contribution in [2.75, 3.05) is 13.2 Å². The largest absolute Gasteiger partial charge is 0.474 e. The molecule has 0 saturated heterocycles. The van der Waals surface area contributed by atoms with E-state index < -0.39 is 37.0 Å². The van der Waals surface area contributed by atoms with Crippen molar-refractivity contribution in [1.29, 1.82) is 0 Å². The van der Waals surface area contributed by atoms with Crippen LogP contribution in [0.2, 0.25) is 10.0 Å². The van der Waals surface area contributed by atoms with Gasteiger partial charge in [0, 0.05) is 10.6 Å². The highest BCUT2D eigenvalue weighted by atomic mass is 35.5. The van der Waals surface area contributed by atoms with E-state index in [1.54, 1.807) is 0 Å². The molecule has 0 amide bonds. The Labute approximate surface area is 133 Å². The van der Waals surface area contributed by atoms with Gasteiger partial charge in [-0.1, -0.05) is 23.2 Å². The van der Waals surface area contributed by atoms with Gasteiger partial charge in [-0.25, -0.2) is 4.79 Å². The highest BCUT2D eigenvalue weighted by Crippen LogP contribution is 2.42. The minimum absolute atomic E-state index is 0.101. The Kier molecular flexibility index (Phi) is 4.89. The topological polar surface area (TPSA) is 55.8 Å². The smallest absolute Gasteiger partial charge is 0.430 e. The zero-order chi connectivity index (χ0) is 16.5. The summed E-state index contributed by atoms with van der Waals surface area (Å²) in [6.45, 7) is -0.936. The first-order valence-corrected chi connectivity index (χ1v) is 6.71. The molecule has 1 aromatic rings. The number of carbonyl (C=O) groups excluding carboxylic acids is 1. The molecule has 0 aliphatic carbocycles. The third kappa shape index (κ3) is 3.48. The van der Waals surface area contributed by atoms with Crippen LogP contribution >= 0.6 is 23.2 Å². The molecule has 9 heteroatoms. The fraction of sp³-hybridized carbons (Fsp3) is 0.308. The molecule has 0 radical (unpaired) electrons. The van der Waals surface area contributed by atoms with Crippen molar-refractivity contribution in [2.45, 2.75) is 12.3 Å². The second kappa shape index (κ2) is 6.36. The number of alkyl halides is 3. The van der Waals surface area contributed by atoms with Crippen LogP contribution in [0.1, 0.15) is 5.56 Å². The molecule has 120 valence electrons. The van der Waals surface area contributed by atoms with Crippen LogP contribution in [0, 0.1) is 0 Å². The average molecular weight is 357 g/mol. The molecule has 1 aromatic carbocycles. The van der Waals surface area contributed by atoms with Crippen molar-refractivity contribution in [1.82, 2.24) is 0 Å². The molecule has 22 heavy (non-hydrogen) atoms. The molecule has 0 aromatic heterocycles. The van der Waals surface area contributed by atoms with Crippen LogP contribution in [0.15, 0.2) is 17.7 Å². The number of fused-ring (bicyclic) bond motifs is 1. The predicted octanol–water partition coefficient (Wildman–Crippen LogP) is 3.24. The predicted molar refractivity (Wildman–Crippen MR) is 73.0 cm³/mol. The first kappa shape index (κ1) is 16.9. The van der Waals surface area contributed by atoms with Gasteiger partial charge >= 0.3 is 12.1 Å². The Hall–Kier alpha value is -1.44. The minimum atomic E-state index is -4.84. The van der Waals surface area contributed by atoms with E-state index in [-0.39, 0.29) is 21.4 Å². The average Bonchev–Trinajstić information content (AvgIpc) is 2.42. The van der Waals surface area contributed by atoms with Gasteiger partial charge in [-0.15, -0.1) is 0 Å². The van der Waals surface area contributed by atoms with Crippen LogP contribution in [-0.2, 0) is 9.53 Å². The first-order chi connectivity index (χ1) is 10.2. The second-order valence-corrected chi connectivity index (χ2v) is 5.15. The number of esters is 1. The van der Waals surface area contributed by atoms with E-state index in [0.29, 0.717) is 0 Å². The van der Waals surface area contributed by atoms with Gasteiger partial charge in [0.25, 0.3) is 0 Å². The normalized spacial score (nSPS) is 17.4. The molecule has 0 unspecified atom stereocenters. The zero-order valence-corrected chi connectivity index (χ0v) is 12.3. The highest BCUT2D eigenvalue weighted by molar-refractivity contribution is 6.36. The van der Waals surface area contributed by atoms with Crippen molar-refractivity contribution < 1.29 is 32.5 Å². The fourth-order valence-corrected chi connectivity index (χ4v) is 2.42. The van der Waals surface area contributed by atoms with E-state index in [0.717, 1.165) is 6.08 Å². The van der Waals surface area contributed by atoms with Gasteiger partial charge in [0.05, 0.1) is 17.2 Å². The van der Waals surface area contributed by atoms with Crippen LogP contribution in [-0.4, -0.2) is 36.6 Å².